The summed E-state index contributed by atoms with van der Waals surface area (Å²) in [5.74, 6) is 1.10. The lowest BCUT2D eigenvalue weighted by molar-refractivity contribution is 0.753. The van der Waals surface area contributed by atoms with Gasteiger partial charge >= 0.3 is 0 Å². The molecule has 0 aromatic heterocycles. The molecule has 0 heterocycles. The van der Waals surface area contributed by atoms with Crippen LogP contribution in [-0.2, 0) is 0 Å². The Morgan fingerprint density at radius 3 is 2.53 bits per heavy atom. The van der Waals surface area contributed by atoms with Gasteiger partial charge in [0.15, 0.2) is 0 Å². The number of nitrogens with two attached hydrogens (primary N) is 3. The van der Waals surface area contributed by atoms with Crippen molar-refractivity contribution in [1.82, 2.24) is 5.32 Å². The van der Waals surface area contributed by atoms with E-state index in [1.807, 2.05) is 6.08 Å². The molecule has 108 valence electrons. The van der Waals surface area contributed by atoms with Crippen LogP contribution in [0, 0.1) is 0 Å². The number of nitrogens with one attached hydrogen (secondary N) is 1. The average Bonchev–Trinajstić information content (AvgIpc) is 2.41. The van der Waals surface area contributed by atoms with Crippen LogP contribution in [0.15, 0.2) is 33.9 Å². The van der Waals surface area contributed by atoms with Crippen LogP contribution >= 0.6 is 11.8 Å². The lowest BCUT2D eigenvalue weighted by Gasteiger charge is -2.03. The molecule has 0 saturated carbocycles. The summed E-state index contributed by atoms with van der Waals surface area (Å²) in [6.45, 7) is 3.34. The van der Waals surface area contributed by atoms with Crippen molar-refractivity contribution < 1.29 is 0 Å². The molecule has 0 aliphatic rings. The van der Waals surface area contributed by atoms with Gasteiger partial charge in [-0.2, -0.15) is 5.10 Å². The molecule has 0 rings (SSSR count). The van der Waals surface area contributed by atoms with Crippen LogP contribution in [0.4, 0.5) is 0 Å². The van der Waals surface area contributed by atoms with Crippen molar-refractivity contribution in [2.75, 3.05) is 12.9 Å². The largest absolute Gasteiger partial charge is 0.402 e. The SMILES string of the molecule is C=N/N=C(/CCCC/C(N)=C/C=C(\N)NC)SCN. The highest BCUT2D eigenvalue weighted by molar-refractivity contribution is 8.13. The summed E-state index contributed by atoms with van der Waals surface area (Å²) < 4.78 is 0. The number of hydrogen-bond acceptors (Lipinski definition) is 7. The van der Waals surface area contributed by atoms with Crippen LogP contribution in [0.1, 0.15) is 25.7 Å². The van der Waals surface area contributed by atoms with E-state index in [4.69, 9.17) is 17.2 Å². The van der Waals surface area contributed by atoms with E-state index in [1.54, 1.807) is 13.1 Å². The van der Waals surface area contributed by atoms with Crippen molar-refractivity contribution in [3.63, 3.8) is 0 Å². The van der Waals surface area contributed by atoms with Gasteiger partial charge in [-0.05, 0) is 37.8 Å². The molecule has 0 bridgehead atoms. The van der Waals surface area contributed by atoms with Crippen LogP contribution in [-0.4, -0.2) is 24.7 Å². The molecule has 0 aromatic carbocycles. The molecule has 0 spiro atoms. The van der Waals surface area contributed by atoms with Gasteiger partial charge in [0, 0.05) is 25.3 Å². The Morgan fingerprint density at radius 2 is 1.95 bits per heavy atom. The molecule has 0 amide bonds. The van der Waals surface area contributed by atoms with E-state index in [1.165, 1.54) is 11.8 Å². The second-order valence-electron chi connectivity index (χ2n) is 3.77. The van der Waals surface area contributed by atoms with Gasteiger partial charge in [0.05, 0.1) is 10.9 Å². The van der Waals surface area contributed by atoms with E-state index in [-0.39, 0.29) is 0 Å². The molecule has 0 atom stereocenters. The van der Waals surface area contributed by atoms with E-state index in [0.717, 1.165) is 36.4 Å². The standard InChI is InChI=1S/C12H24N6S/c1-16-11(15)8-7-10(14)5-3-4-6-12(18-17-2)19-9-13/h7-8,16H,2-6,9,13-15H2,1H3/b10-7-,11-8+,18-12-. The second kappa shape index (κ2) is 11.6. The lowest BCUT2D eigenvalue weighted by atomic mass is 10.1. The zero-order valence-corrected chi connectivity index (χ0v) is 12.2. The minimum Gasteiger partial charge on any atom is -0.402 e. The summed E-state index contributed by atoms with van der Waals surface area (Å²) in [6, 6.07) is 0. The van der Waals surface area contributed by atoms with Crippen molar-refractivity contribution in [3.8, 4) is 0 Å². The van der Waals surface area contributed by atoms with Gasteiger partial charge in [-0.25, -0.2) is 0 Å². The van der Waals surface area contributed by atoms with Crippen molar-refractivity contribution in [3.05, 3.63) is 23.7 Å². The second-order valence-corrected chi connectivity index (χ2v) is 4.86. The number of allylic oxidation sites excluding steroid dienone is 3. The van der Waals surface area contributed by atoms with Crippen LogP contribution in [0.2, 0.25) is 0 Å². The van der Waals surface area contributed by atoms with Crippen molar-refractivity contribution in [1.29, 1.82) is 0 Å². The van der Waals surface area contributed by atoms with Crippen LogP contribution in [0.3, 0.4) is 0 Å². The first-order valence-electron chi connectivity index (χ1n) is 6.09. The van der Waals surface area contributed by atoms with Crippen molar-refractivity contribution >= 4 is 23.5 Å². The summed E-state index contributed by atoms with van der Waals surface area (Å²) in [4.78, 5) is 0. The minimum absolute atomic E-state index is 0.504. The molecule has 7 heteroatoms. The lowest BCUT2D eigenvalue weighted by Crippen LogP contribution is -2.14. The van der Waals surface area contributed by atoms with Gasteiger partial charge in [-0.1, -0.05) is 11.8 Å². The fourth-order valence-corrected chi connectivity index (χ4v) is 1.89. The Balaban J connectivity index is 3.96. The normalized spacial score (nSPS) is 13.5. The molecule has 0 aliphatic heterocycles. The molecule has 0 unspecified atom stereocenters. The summed E-state index contributed by atoms with van der Waals surface area (Å²) in [5.41, 5.74) is 17.7. The Morgan fingerprint density at radius 1 is 1.26 bits per heavy atom. The first-order chi connectivity index (χ1) is 9.13. The number of thioether (sulfide) groups is 1. The van der Waals surface area contributed by atoms with E-state index in [2.05, 4.69) is 22.2 Å². The maximum absolute atomic E-state index is 5.86. The van der Waals surface area contributed by atoms with Crippen LogP contribution in [0.5, 0.6) is 0 Å². The number of hydrogen-bond donors (Lipinski definition) is 4. The molecule has 0 aliphatic carbocycles. The molecule has 0 fully saturated rings. The monoisotopic (exact) mass is 284 g/mol. The summed E-state index contributed by atoms with van der Waals surface area (Å²) >= 11 is 1.49. The van der Waals surface area contributed by atoms with Gasteiger partial charge in [0.25, 0.3) is 0 Å². The first-order valence-corrected chi connectivity index (χ1v) is 7.07. The third-order valence-electron chi connectivity index (χ3n) is 2.30. The number of unbranched alkanes of at least 4 members (excludes halogenated alkanes) is 1. The molecule has 19 heavy (non-hydrogen) atoms. The highest BCUT2D eigenvalue weighted by atomic mass is 32.2. The zero-order chi connectivity index (χ0) is 14.5. The third-order valence-corrected chi connectivity index (χ3v) is 3.09. The Kier molecular flexibility index (Phi) is 10.7. The smallest absolute Gasteiger partial charge is 0.0970 e. The van der Waals surface area contributed by atoms with E-state index >= 15 is 0 Å². The zero-order valence-electron chi connectivity index (χ0n) is 11.4. The number of nitrogens with zero attached hydrogens (tertiary/aromatic N) is 2. The van der Waals surface area contributed by atoms with Crippen molar-refractivity contribution in [2.24, 2.45) is 27.4 Å². The highest BCUT2D eigenvalue weighted by Gasteiger charge is 2.00. The Bertz CT molecular complexity index is 348. The average molecular weight is 284 g/mol. The summed E-state index contributed by atoms with van der Waals surface area (Å²) in [7, 11) is 1.76. The Hall–Kier alpha value is -1.47. The van der Waals surface area contributed by atoms with Crippen LogP contribution < -0.4 is 22.5 Å². The van der Waals surface area contributed by atoms with E-state index < -0.39 is 0 Å². The van der Waals surface area contributed by atoms with Gasteiger partial charge in [0.1, 0.15) is 0 Å². The highest BCUT2D eigenvalue weighted by Crippen LogP contribution is 2.12. The van der Waals surface area contributed by atoms with Gasteiger partial charge < -0.3 is 22.5 Å². The van der Waals surface area contributed by atoms with Gasteiger partial charge in [0.2, 0.25) is 0 Å². The molecule has 0 radical (unpaired) electrons. The van der Waals surface area contributed by atoms with E-state index in [9.17, 15) is 0 Å². The quantitative estimate of drug-likeness (QED) is 0.126. The molecule has 0 saturated heterocycles. The third kappa shape index (κ3) is 10.2. The maximum atomic E-state index is 5.86. The van der Waals surface area contributed by atoms with Crippen molar-refractivity contribution in [2.45, 2.75) is 25.7 Å². The predicted molar refractivity (Wildman–Crippen MR) is 85.7 cm³/mol. The predicted octanol–water partition coefficient (Wildman–Crippen LogP) is 1.07. The fourth-order valence-electron chi connectivity index (χ4n) is 1.29. The fraction of sp³-hybridized carbons (Fsp3) is 0.500. The molecular weight excluding hydrogens is 260 g/mol. The molecular formula is C12H24N6S. The van der Waals surface area contributed by atoms with Gasteiger partial charge in [-0.15, -0.1) is 5.10 Å². The first kappa shape index (κ1) is 17.5. The van der Waals surface area contributed by atoms with E-state index in [0.29, 0.717) is 11.7 Å². The minimum atomic E-state index is 0.504. The molecule has 0 aromatic rings. The van der Waals surface area contributed by atoms with Gasteiger partial charge in [-0.3, -0.25) is 0 Å². The summed E-state index contributed by atoms with van der Waals surface area (Å²) in [5, 5.41) is 11.2. The maximum Gasteiger partial charge on any atom is 0.0970 e. The topological polar surface area (TPSA) is 115 Å². The molecule has 7 N–H and O–H groups in total. The Labute approximate surface area is 119 Å². The number of rotatable bonds is 9. The van der Waals surface area contributed by atoms with Crippen LogP contribution in [0.25, 0.3) is 0 Å². The summed E-state index contributed by atoms with van der Waals surface area (Å²) in [6.07, 6.45) is 7.23. The molecule has 6 nitrogen and oxygen atoms in total.